The number of hydrogen-bond donors (Lipinski definition) is 3. The maximum absolute atomic E-state index is 13.1. The van der Waals surface area contributed by atoms with Gasteiger partial charge in [-0.1, -0.05) is 30.3 Å². The Hall–Kier alpha value is -3.68. The molecule has 154 valence electrons. The molecule has 1 spiro atoms. The Morgan fingerprint density at radius 1 is 1.13 bits per heavy atom. The molecule has 0 saturated carbocycles. The molecule has 0 unspecified atom stereocenters. The van der Waals surface area contributed by atoms with Crippen LogP contribution in [0.2, 0.25) is 0 Å². The molecule has 2 aromatic rings. The van der Waals surface area contributed by atoms with Crippen molar-refractivity contribution in [1.82, 2.24) is 15.5 Å². The third-order valence-electron chi connectivity index (χ3n) is 5.47. The summed E-state index contributed by atoms with van der Waals surface area (Å²) >= 11 is 0. The number of carbonyl (C=O) groups is 4. The monoisotopic (exact) mass is 406 g/mol. The van der Waals surface area contributed by atoms with Gasteiger partial charge in [0.15, 0.2) is 0 Å². The van der Waals surface area contributed by atoms with Crippen LogP contribution in [0.3, 0.4) is 0 Å². The van der Waals surface area contributed by atoms with Gasteiger partial charge in [-0.25, -0.2) is 4.79 Å². The highest BCUT2D eigenvalue weighted by atomic mass is 16.2. The van der Waals surface area contributed by atoms with Crippen molar-refractivity contribution in [3.63, 3.8) is 0 Å². The quantitative estimate of drug-likeness (QED) is 0.658. The highest BCUT2D eigenvalue weighted by molar-refractivity contribution is 6.11. The van der Waals surface area contributed by atoms with E-state index in [2.05, 4.69) is 16.0 Å². The Morgan fingerprint density at radius 3 is 2.73 bits per heavy atom. The van der Waals surface area contributed by atoms with Crippen LogP contribution in [0.4, 0.5) is 10.5 Å². The van der Waals surface area contributed by atoms with Crippen LogP contribution in [0.1, 0.15) is 34.8 Å². The van der Waals surface area contributed by atoms with Crippen molar-refractivity contribution in [2.75, 3.05) is 18.4 Å². The van der Waals surface area contributed by atoms with Crippen molar-refractivity contribution in [2.45, 2.75) is 25.3 Å². The van der Waals surface area contributed by atoms with Crippen molar-refractivity contribution < 1.29 is 19.2 Å². The van der Waals surface area contributed by atoms with Crippen LogP contribution in [0, 0.1) is 0 Å². The summed E-state index contributed by atoms with van der Waals surface area (Å²) < 4.78 is 0. The Labute approximate surface area is 173 Å². The van der Waals surface area contributed by atoms with Crippen LogP contribution in [0.5, 0.6) is 0 Å². The number of hydrogen-bond acceptors (Lipinski definition) is 4. The molecule has 1 aliphatic carbocycles. The molecule has 1 fully saturated rings. The van der Waals surface area contributed by atoms with E-state index in [0.29, 0.717) is 30.6 Å². The van der Waals surface area contributed by atoms with E-state index in [4.69, 9.17) is 0 Å². The maximum Gasteiger partial charge on any atom is 0.325 e. The fourth-order valence-corrected chi connectivity index (χ4v) is 4.08. The fraction of sp³-hybridized carbons (Fsp3) is 0.273. The largest absolute Gasteiger partial charge is 0.352 e. The number of urea groups is 1. The van der Waals surface area contributed by atoms with Crippen LogP contribution < -0.4 is 16.0 Å². The topological polar surface area (TPSA) is 108 Å². The lowest BCUT2D eigenvalue weighted by Gasteiger charge is -2.22. The summed E-state index contributed by atoms with van der Waals surface area (Å²) in [6.45, 7) is 1.91. The van der Waals surface area contributed by atoms with E-state index in [-0.39, 0.29) is 5.91 Å². The first kappa shape index (κ1) is 19.6. The van der Waals surface area contributed by atoms with Gasteiger partial charge in [0.05, 0.1) is 0 Å². The molecule has 0 aromatic heterocycles. The summed E-state index contributed by atoms with van der Waals surface area (Å²) in [7, 11) is 0. The molecule has 3 N–H and O–H groups in total. The second kappa shape index (κ2) is 7.62. The Morgan fingerprint density at radius 2 is 1.93 bits per heavy atom. The average molecular weight is 406 g/mol. The third-order valence-corrected chi connectivity index (χ3v) is 5.47. The van der Waals surface area contributed by atoms with E-state index in [9.17, 15) is 19.2 Å². The van der Waals surface area contributed by atoms with Gasteiger partial charge < -0.3 is 16.0 Å². The number of aryl methyl sites for hydroxylation is 1. The van der Waals surface area contributed by atoms with E-state index in [1.54, 1.807) is 24.3 Å². The summed E-state index contributed by atoms with van der Waals surface area (Å²) in [5.74, 6) is -1.18. The van der Waals surface area contributed by atoms with Crippen LogP contribution in [-0.2, 0) is 21.5 Å². The lowest BCUT2D eigenvalue weighted by molar-refractivity contribution is -0.134. The number of rotatable bonds is 5. The summed E-state index contributed by atoms with van der Waals surface area (Å²) in [6, 6.07) is 13.4. The average Bonchev–Trinajstić information content (AvgIpc) is 3.22. The molecule has 8 heteroatoms. The van der Waals surface area contributed by atoms with Crippen molar-refractivity contribution in [3.05, 3.63) is 65.2 Å². The summed E-state index contributed by atoms with van der Waals surface area (Å²) in [5, 5.41) is 8.14. The van der Waals surface area contributed by atoms with Crippen molar-refractivity contribution >= 4 is 29.4 Å². The van der Waals surface area contributed by atoms with Gasteiger partial charge in [-0.2, -0.15) is 0 Å². The van der Waals surface area contributed by atoms with Gasteiger partial charge in [-0.15, -0.1) is 0 Å². The second-order valence-electron chi connectivity index (χ2n) is 7.37. The molecular weight excluding hydrogens is 384 g/mol. The predicted octanol–water partition coefficient (Wildman–Crippen LogP) is 1.77. The summed E-state index contributed by atoms with van der Waals surface area (Å²) in [5.41, 5.74) is 1.55. The normalized spacial score (nSPS) is 19.6. The Balaban J connectivity index is 1.47. The van der Waals surface area contributed by atoms with Crippen LogP contribution in [0.25, 0.3) is 0 Å². The first-order chi connectivity index (χ1) is 14.4. The molecule has 2 aliphatic rings. The number of imide groups is 1. The van der Waals surface area contributed by atoms with Crippen molar-refractivity contribution in [2.24, 2.45) is 0 Å². The zero-order valence-electron chi connectivity index (χ0n) is 16.5. The first-order valence-corrected chi connectivity index (χ1v) is 9.85. The van der Waals surface area contributed by atoms with E-state index >= 15 is 0 Å². The van der Waals surface area contributed by atoms with Crippen molar-refractivity contribution in [1.29, 1.82) is 0 Å². The zero-order valence-corrected chi connectivity index (χ0v) is 16.5. The van der Waals surface area contributed by atoms with E-state index in [1.165, 1.54) is 0 Å². The minimum atomic E-state index is -1.09. The standard InChI is InChI=1S/C22H22N4O4/c1-2-23-19(28)15-7-5-8-16(12-15)24-18(27)13-26-20(29)22(25-21(26)30)11-10-14-6-3-4-9-17(14)22/h3-9,12H,2,10-11,13H2,1H3,(H,23,28)(H,24,27)(H,25,30)/t22-/m0/s1. The number of benzene rings is 2. The van der Waals surface area contributed by atoms with Gasteiger partial charge in [0.1, 0.15) is 12.1 Å². The number of carbonyl (C=O) groups excluding carboxylic acids is 4. The number of fused-ring (bicyclic) bond motifs is 2. The molecule has 30 heavy (non-hydrogen) atoms. The molecule has 1 atom stereocenters. The zero-order chi connectivity index (χ0) is 21.3. The van der Waals surface area contributed by atoms with E-state index in [0.717, 1.165) is 16.0 Å². The number of anilines is 1. The van der Waals surface area contributed by atoms with Gasteiger partial charge in [0.2, 0.25) is 5.91 Å². The van der Waals surface area contributed by atoms with Gasteiger partial charge in [-0.05, 0) is 49.1 Å². The van der Waals surface area contributed by atoms with Gasteiger partial charge in [0, 0.05) is 17.8 Å². The molecule has 0 radical (unpaired) electrons. The predicted molar refractivity (Wildman–Crippen MR) is 110 cm³/mol. The number of nitrogens with one attached hydrogen (secondary N) is 3. The molecule has 2 aromatic carbocycles. The molecule has 1 saturated heterocycles. The molecule has 8 nitrogen and oxygen atoms in total. The lowest BCUT2D eigenvalue weighted by atomic mass is 9.92. The summed E-state index contributed by atoms with van der Waals surface area (Å²) in [6.07, 6.45) is 1.17. The maximum atomic E-state index is 13.1. The third kappa shape index (κ3) is 3.30. The minimum Gasteiger partial charge on any atom is -0.352 e. The number of nitrogens with zero attached hydrogens (tertiary/aromatic N) is 1. The smallest absolute Gasteiger partial charge is 0.325 e. The SMILES string of the molecule is CCNC(=O)c1cccc(NC(=O)CN2C(=O)N[C@]3(CCc4ccccc43)C2=O)c1. The van der Waals surface area contributed by atoms with Gasteiger partial charge in [0.25, 0.3) is 11.8 Å². The molecule has 5 amide bonds. The van der Waals surface area contributed by atoms with Crippen LogP contribution in [-0.4, -0.2) is 41.7 Å². The first-order valence-electron chi connectivity index (χ1n) is 9.85. The number of amides is 5. The van der Waals surface area contributed by atoms with Crippen molar-refractivity contribution in [3.8, 4) is 0 Å². The Kier molecular flexibility index (Phi) is 4.99. The Bertz CT molecular complexity index is 1050. The van der Waals surface area contributed by atoms with E-state index < -0.39 is 29.9 Å². The molecule has 0 bridgehead atoms. The highest BCUT2D eigenvalue weighted by Gasteiger charge is 2.55. The lowest BCUT2D eigenvalue weighted by Crippen LogP contribution is -2.43. The van der Waals surface area contributed by atoms with E-state index in [1.807, 2.05) is 31.2 Å². The van der Waals surface area contributed by atoms with Crippen LogP contribution in [0.15, 0.2) is 48.5 Å². The highest BCUT2D eigenvalue weighted by Crippen LogP contribution is 2.41. The molecule has 1 heterocycles. The fourth-order valence-electron chi connectivity index (χ4n) is 4.08. The second-order valence-corrected chi connectivity index (χ2v) is 7.37. The van der Waals surface area contributed by atoms with Crippen LogP contribution >= 0.6 is 0 Å². The van der Waals surface area contributed by atoms with Gasteiger partial charge >= 0.3 is 6.03 Å². The van der Waals surface area contributed by atoms with Gasteiger partial charge in [-0.3, -0.25) is 19.3 Å². The summed E-state index contributed by atoms with van der Waals surface area (Å²) in [4.78, 5) is 51.1. The molecule has 4 rings (SSSR count). The molecular formula is C22H22N4O4. The molecule has 1 aliphatic heterocycles. The minimum absolute atomic E-state index is 0.246.